The zero-order valence-electron chi connectivity index (χ0n) is 20.7. The van der Waals surface area contributed by atoms with E-state index in [1.807, 2.05) is 67.5 Å². The topological polar surface area (TPSA) is 70.5 Å². The molecule has 2 amide bonds. The minimum Gasteiger partial charge on any atom is -0.358 e. The molecule has 0 saturated carbocycles. The van der Waals surface area contributed by atoms with Gasteiger partial charge in [0.25, 0.3) is 0 Å². The van der Waals surface area contributed by atoms with Crippen molar-refractivity contribution >= 4 is 40.3 Å². The molecule has 4 aromatic rings. The summed E-state index contributed by atoms with van der Waals surface area (Å²) in [4.78, 5) is 33.5. The highest BCUT2D eigenvalue weighted by atomic mass is 16.2. The van der Waals surface area contributed by atoms with E-state index in [2.05, 4.69) is 33.9 Å². The number of aromatic nitrogens is 2. The van der Waals surface area contributed by atoms with E-state index in [1.165, 1.54) is 10.9 Å². The smallest absolute Gasteiger partial charge is 0.246 e. The molecule has 182 valence electrons. The van der Waals surface area contributed by atoms with Gasteiger partial charge in [-0.2, -0.15) is 0 Å². The molecule has 7 nitrogen and oxygen atoms in total. The van der Waals surface area contributed by atoms with Gasteiger partial charge < -0.3 is 19.7 Å². The van der Waals surface area contributed by atoms with E-state index in [4.69, 9.17) is 0 Å². The fourth-order valence-electron chi connectivity index (χ4n) is 4.74. The second-order valence-corrected chi connectivity index (χ2v) is 9.19. The summed E-state index contributed by atoms with van der Waals surface area (Å²) in [5, 5.41) is 4.10. The first-order chi connectivity index (χ1) is 17.4. The van der Waals surface area contributed by atoms with Crippen LogP contribution in [0.1, 0.15) is 22.4 Å². The predicted molar refractivity (Wildman–Crippen MR) is 144 cm³/mol. The Labute approximate surface area is 210 Å². The van der Waals surface area contributed by atoms with Gasteiger partial charge in [-0.15, -0.1) is 0 Å². The third-order valence-corrected chi connectivity index (χ3v) is 6.75. The van der Waals surface area contributed by atoms with Crippen molar-refractivity contribution in [3.63, 3.8) is 0 Å². The number of amides is 2. The number of carbonyl (C=O) groups excluding carboxylic acids is 2. The van der Waals surface area contributed by atoms with E-state index in [-0.39, 0.29) is 18.4 Å². The first-order valence-electron chi connectivity index (χ1n) is 12.0. The number of anilines is 2. The van der Waals surface area contributed by atoms with Gasteiger partial charge in [0.15, 0.2) is 0 Å². The molecule has 0 atom stereocenters. The molecule has 36 heavy (non-hydrogen) atoms. The normalized spacial score (nSPS) is 13.5. The maximum atomic E-state index is 12.9. The van der Waals surface area contributed by atoms with Crippen LogP contribution in [0.5, 0.6) is 0 Å². The number of fused-ring (bicyclic) bond motifs is 2. The number of rotatable bonds is 5. The van der Waals surface area contributed by atoms with Crippen molar-refractivity contribution in [3.05, 3.63) is 95.3 Å². The standard InChI is InChI=1S/C29H29N5O2/c1-20-24-11-7-8-12-25(24)33(3)26(20)18-32(2)28(36)14-13-21-15-22-17-34(23-9-5-4-6-10-23)19-27(35)31-29(22)30-16-21/h4-16H,17-19H2,1-3H3,(H,30,31,35)/b14-13+. The van der Waals surface area contributed by atoms with Crippen LogP contribution in [-0.2, 0) is 29.7 Å². The Morgan fingerprint density at radius 3 is 2.64 bits per heavy atom. The summed E-state index contributed by atoms with van der Waals surface area (Å²) in [5.74, 6) is 0.368. The lowest BCUT2D eigenvalue weighted by atomic mass is 10.1. The Morgan fingerprint density at radius 1 is 1.11 bits per heavy atom. The summed E-state index contributed by atoms with van der Waals surface area (Å²) in [7, 11) is 3.85. The van der Waals surface area contributed by atoms with E-state index < -0.39 is 0 Å². The number of pyridine rings is 1. The van der Waals surface area contributed by atoms with Crippen molar-refractivity contribution in [1.29, 1.82) is 0 Å². The van der Waals surface area contributed by atoms with Gasteiger partial charge in [-0.1, -0.05) is 36.4 Å². The highest BCUT2D eigenvalue weighted by Gasteiger charge is 2.21. The Hall–Kier alpha value is -4.39. The summed E-state index contributed by atoms with van der Waals surface area (Å²) in [5.41, 5.74) is 6.15. The van der Waals surface area contributed by atoms with E-state index in [9.17, 15) is 9.59 Å². The number of para-hydroxylation sites is 2. The van der Waals surface area contributed by atoms with Gasteiger partial charge in [-0.3, -0.25) is 9.59 Å². The van der Waals surface area contributed by atoms with Crippen LogP contribution in [0, 0.1) is 6.92 Å². The van der Waals surface area contributed by atoms with Crippen molar-refractivity contribution in [3.8, 4) is 0 Å². The van der Waals surface area contributed by atoms with Crippen molar-refractivity contribution in [2.45, 2.75) is 20.0 Å². The first-order valence-corrected chi connectivity index (χ1v) is 12.0. The molecule has 0 bridgehead atoms. The van der Waals surface area contributed by atoms with Gasteiger partial charge in [0.05, 0.1) is 13.1 Å². The van der Waals surface area contributed by atoms with E-state index >= 15 is 0 Å². The number of hydrogen-bond acceptors (Lipinski definition) is 4. The van der Waals surface area contributed by atoms with Gasteiger partial charge in [0, 0.05) is 60.8 Å². The average molecular weight is 480 g/mol. The minimum absolute atomic E-state index is 0.0891. The molecule has 1 aliphatic rings. The molecule has 0 unspecified atom stereocenters. The number of aryl methyl sites for hydroxylation is 2. The second-order valence-electron chi connectivity index (χ2n) is 9.19. The van der Waals surface area contributed by atoms with Crippen LogP contribution >= 0.6 is 0 Å². The molecule has 1 aliphatic heterocycles. The van der Waals surface area contributed by atoms with Crippen LogP contribution < -0.4 is 10.2 Å². The highest BCUT2D eigenvalue weighted by molar-refractivity contribution is 5.95. The summed E-state index contributed by atoms with van der Waals surface area (Å²) in [6.45, 7) is 3.41. The molecule has 3 heterocycles. The lowest BCUT2D eigenvalue weighted by Crippen LogP contribution is -2.29. The first kappa shape index (κ1) is 23.4. The number of nitrogens with zero attached hydrogens (tertiary/aromatic N) is 4. The second kappa shape index (κ2) is 9.70. The van der Waals surface area contributed by atoms with Crippen LogP contribution in [0.15, 0.2) is 72.9 Å². The van der Waals surface area contributed by atoms with Gasteiger partial charge in [-0.05, 0) is 48.4 Å². The third kappa shape index (κ3) is 4.60. The Balaban J connectivity index is 1.32. The van der Waals surface area contributed by atoms with E-state index in [1.54, 1.807) is 23.2 Å². The van der Waals surface area contributed by atoms with E-state index in [0.29, 0.717) is 18.9 Å². The van der Waals surface area contributed by atoms with Crippen molar-refractivity contribution < 1.29 is 9.59 Å². The molecule has 0 spiro atoms. The number of benzene rings is 2. The van der Waals surface area contributed by atoms with Crippen LogP contribution in [-0.4, -0.2) is 39.9 Å². The monoisotopic (exact) mass is 479 g/mol. The molecule has 5 rings (SSSR count). The Morgan fingerprint density at radius 2 is 1.86 bits per heavy atom. The van der Waals surface area contributed by atoms with Crippen LogP contribution in [0.2, 0.25) is 0 Å². The van der Waals surface area contributed by atoms with Crippen LogP contribution in [0.4, 0.5) is 11.5 Å². The molecule has 0 radical (unpaired) electrons. The van der Waals surface area contributed by atoms with Crippen molar-refractivity contribution in [1.82, 2.24) is 14.5 Å². The lowest BCUT2D eigenvalue weighted by molar-refractivity contribution is -0.125. The Kier molecular flexibility index (Phi) is 6.29. The SMILES string of the molecule is Cc1c(CN(C)C(=O)/C=C/c2cnc3c(c2)CN(c2ccccc2)CC(=O)N3)n(C)c2ccccc12. The van der Waals surface area contributed by atoms with E-state index in [0.717, 1.165) is 28.0 Å². The molecule has 0 fully saturated rings. The molecular formula is C29H29N5O2. The lowest BCUT2D eigenvalue weighted by Gasteiger charge is -2.21. The molecule has 7 heteroatoms. The van der Waals surface area contributed by atoms with Gasteiger partial charge >= 0.3 is 0 Å². The molecular weight excluding hydrogens is 450 g/mol. The summed E-state index contributed by atoms with van der Waals surface area (Å²) in [6, 6.07) is 20.1. The van der Waals surface area contributed by atoms with Crippen LogP contribution in [0.25, 0.3) is 17.0 Å². The summed E-state index contributed by atoms with van der Waals surface area (Å²) < 4.78 is 2.15. The quantitative estimate of drug-likeness (QED) is 0.428. The molecule has 0 saturated heterocycles. The summed E-state index contributed by atoms with van der Waals surface area (Å²) >= 11 is 0. The number of hydrogen-bond donors (Lipinski definition) is 1. The van der Waals surface area contributed by atoms with Crippen LogP contribution in [0.3, 0.4) is 0 Å². The number of nitrogens with one attached hydrogen (secondary N) is 1. The number of carbonyl (C=O) groups is 2. The molecule has 1 N–H and O–H groups in total. The minimum atomic E-state index is -0.103. The van der Waals surface area contributed by atoms with Gasteiger partial charge in [-0.25, -0.2) is 4.98 Å². The number of likely N-dealkylation sites (N-methyl/N-ethyl adjacent to an activating group) is 1. The van der Waals surface area contributed by atoms with Gasteiger partial charge in [0.1, 0.15) is 5.82 Å². The maximum Gasteiger partial charge on any atom is 0.246 e. The highest BCUT2D eigenvalue weighted by Crippen LogP contribution is 2.26. The maximum absolute atomic E-state index is 12.9. The van der Waals surface area contributed by atoms with Crippen molar-refractivity contribution in [2.75, 3.05) is 23.8 Å². The fraction of sp³-hybridized carbons (Fsp3) is 0.207. The fourth-order valence-corrected chi connectivity index (χ4v) is 4.74. The molecule has 2 aromatic carbocycles. The predicted octanol–water partition coefficient (Wildman–Crippen LogP) is 4.51. The summed E-state index contributed by atoms with van der Waals surface area (Å²) in [6.07, 6.45) is 5.03. The van der Waals surface area contributed by atoms with Gasteiger partial charge in [0.2, 0.25) is 11.8 Å². The molecule has 0 aliphatic carbocycles. The zero-order chi connectivity index (χ0) is 25.2. The average Bonchev–Trinajstić information content (AvgIpc) is 3.02. The molecule has 2 aromatic heterocycles. The zero-order valence-corrected chi connectivity index (χ0v) is 20.7. The third-order valence-electron chi connectivity index (χ3n) is 6.75. The largest absolute Gasteiger partial charge is 0.358 e. The Bertz CT molecular complexity index is 1430. The van der Waals surface area contributed by atoms with Crippen molar-refractivity contribution in [2.24, 2.45) is 7.05 Å².